The van der Waals surface area contributed by atoms with Gasteiger partial charge in [0.1, 0.15) is 29.9 Å². The Morgan fingerprint density at radius 3 is 1.68 bits per heavy atom. The molecule has 302 valence electrons. The second-order valence-corrected chi connectivity index (χ2v) is 16.0. The van der Waals surface area contributed by atoms with Gasteiger partial charge >= 0.3 is 0 Å². The molecule has 12 heteroatoms. The maximum Gasteiger partial charge on any atom is 0.230 e. The van der Waals surface area contributed by atoms with Gasteiger partial charge in [0, 0.05) is 56.7 Å². The van der Waals surface area contributed by atoms with Crippen LogP contribution in [0.4, 0.5) is 5.69 Å². The fourth-order valence-corrected chi connectivity index (χ4v) is 7.21. The van der Waals surface area contributed by atoms with Gasteiger partial charge in [0.25, 0.3) is 0 Å². The van der Waals surface area contributed by atoms with Crippen LogP contribution in [0.1, 0.15) is 38.9 Å². The van der Waals surface area contributed by atoms with E-state index < -0.39 is 0 Å². The molecule has 2 aromatic heterocycles. The highest BCUT2D eigenvalue weighted by atomic mass is 35.5. The third-order valence-corrected chi connectivity index (χ3v) is 11.3. The van der Waals surface area contributed by atoms with Gasteiger partial charge in [-0.1, -0.05) is 53.5 Å². The van der Waals surface area contributed by atoms with Crippen molar-refractivity contribution >= 4 is 56.5 Å². The Labute approximate surface area is 355 Å². The number of nitrogen functional groups attached to an aromatic ring is 1. The topological polar surface area (TPSA) is 120 Å². The van der Waals surface area contributed by atoms with Crippen molar-refractivity contribution in [3.8, 4) is 23.3 Å². The van der Waals surface area contributed by atoms with Crippen molar-refractivity contribution in [1.82, 2.24) is 29.7 Å². The number of nitrogens with two attached hydrogens (primary N) is 1. The molecule has 0 aliphatic carbocycles. The number of aromatic nitrogens is 4. The number of carbonyl (C=O) groups excluding carboxylic acids is 1. The molecule has 7 aromatic rings. The lowest BCUT2D eigenvalue weighted by Crippen LogP contribution is -2.43. The number of fused-ring (bicyclic) bond motifs is 2. The lowest BCUT2D eigenvalue weighted by molar-refractivity contribution is -0.117. The summed E-state index contributed by atoms with van der Waals surface area (Å²) in [4.78, 5) is 34.8. The van der Waals surface area contributed by atoms with Crippen LogP contribution in [0, 0.1) is 27.7 Å². The number of nitrogens with zero attached hydrogens (tertiary/aromatic N) is 6. The number of ether oxygens (including phenoxy) is 2. The maximum absolute atomic E-state index is 12.8. The van der Waals surface area contributed by atoms with Gasteiger partial charge in [-0.05, 0) is 122 Å². The summed E-state index contributed by atoms with van der Waals surface area (Å²) in [6.07, 6.45) is 3.65. The number of piperazine rings is 1. The standard InChI is InChI=1S/C31H33ClN4O2.C16H14ClN3O/c1-21-14-28-30(15-22(21)2)33-20-34-31(28)38-27-9-8-25(29(32)18-27)17-26(37)16-23-4-6-24(7-5-23)19-36-12-10-35(3)11-13-36;1-9-5-12-15(6-10(9)2)19-8-20-16(12)21-11-3-4-14(18)13(17)7-11/h4-9,14-15,18,20H,10-13,16-17,19H2,1-3H3;3-8H,18H2,1-2H3. The van der Waals surface area contributed by atoms with Crippen molar-refractivity contribution in [2.45, 2.75) is 47.1 Å². The van der Waals surface area contributed by atoms with Gasteiger partial charge in [0.05, 0.1) is 32.5 Å². The first-order valence-corrected chi connectivity index (χ1v) is 20.3. The van der Waals surface area contributed by atoms with E-state index in [2.05, 4.69) is 81.8 Å². The highest BCUT2D eigenvalue weighted by molar-refractivity contribution is 6.33. The number of aryl methyl sites for hydroxylation is 4. The van der Waals surface area contributed by atoms with E-state index in [9.17, 15) is 4.79 Å². The average Bonchev–Trinajstić information content (AvgIpc) is 3.21. The zero-order valence-electron chi connectivity index (χ0n) is 33.9. The van der Waals surface area contributed by atoms with Gasteiger partial charge in [0.15, 0.2) is 0 Å². The van der Waals surface area contributed by atoms with E-state index in [1.54, 1.807) is 24.3 Å². The number of likely N-dealkylation sites (N-methyl/N-ethyl adjacent to an activating group) is 1. The van der Waals surface area contributed by atoms with E-state index in [1.165, 1.54) is 29.3 Å². The number of hydrogen-bond donors (Lipinski definition) is 1. The second-order valence-electron chi connectivity index (χ2n) is 15.2. The summed E-state index contributed by atoms with van der Waals surface area (Å²) < 4.78 is 11.9. The number of halogens is 2. The van der Waals surface area contributed by atoms with Crippen LogP contribution in [0.2, 0.25) is 10.0 Å². The molecule has 1 aliphatic rings. The van der Waals surface area contributed by atoms with Gasteiger partial charge in [-0.25, -0.2) is 19.9 Å². The summed E-state index contributed by atoms with van der Waals surface area (Å²) >= 11 is 12.6. The molecule has 1 saturated heterocycles. The smallest absolute Gasteiger partial charge is 0.230 e. The monoisotopic (exact) mass is 827 g/mol. The minimum atomic E-state index is 0.125. The number of ketones is 1. The van der Waals surface area contributed by atoms with Gasteiger partial charge < -0.3 is 20.1 Å². The van der Waals surface area contributed by atoms with Gasteiger partial charge in [-0.15, -0.1) is 0 Å². The van der Waals surface area contributed by atoms with Crippen LogP contribution in [0.5, 0.6) is 23.3 Å². The van der Waals surface area contributed by atoms with Crippen molar-refractivity contribution in [3.63, 3.8) is 0 Å². The Morgan fingerprint density at radius 1 is 0.627 bits per heavy atom. The summed E-state index contributed by atoms with van der Waals surface area (Å²) in [5.74, 6) is 2.27. The van der Waals surface area contributed by atoms with E-state index in [0.717, 1.165) is 76.8 Å². The number of hydrogen-bond acceptors (Lipinski definition) is 10. The molecule has 59 heavy (non-hydrogen) atoms. The molecule has 8 rings (SSSR count). The quantitative estimate of drug-likeness (QED) is 0.134. The minimum Gasteiger partial charge on any atom is -0.438 e. The highest BCUT2D eigenvalue weighted by Crippen LogP contribution is 2.33. The maximum atomic E-state index is 12.8. The number of rotatable bonds is 10. The highest BCUT2D eigenvalue weighted by Gasteiger charge is 2.16. The zero-order chi connectivity index (χ0) is 41.6. The number of benzene rings is 5. The van der Waals surface area contributed by atoms with Crippen LogP contribution in [0.15, 0.2) is 97.6 Å². The van der Waals surface area contributed by atoms with Crippen LogP contribution in [0.3, 0.4) is 0 Å². The molecule has 10 nitrogen and oxygen atoms in total. The zero-order valence-corrected chi connectivity index (χ0v) is 35.4. The predicted octanol–water partition coefficient (Wildman–Crippen LogP) is 10.1. The summed E-state index contributed by atoms with van der Waals surface area (Å²) in [7, 11) is 2.17. The average molecular weight is 829 g/mol. The van der Waals surface area contributed by atoms with Gasteiger partial charge in [-0.3, -0.25) is 9.69 Å². The van der Waals surface area contributed by atoms with Gasteiger partial charge in [-0.2, -0.15) is 0 Å². The summed E-state index contributed by atoms with van der Waals surface area (Å²) in [6.45, 7) is 13.6. The molecule has 0 bridgehead atoms. The molecule has 1 fully saturated rings. The molecule has 0 unspecified atom stereocenters. The molecule has 0 saturated carbocycles. The lowest BCUT2D eigenvalue weighted by Gasteiger charge is -2.32. The molecule has 0 amide bonds. The third-order valence-electron chi connectivity index (χ3n) is 10.7. The third kappa shape index (κ3) is 10.5. The van der Waals surface area contributed by atoms with Crippen LogP contribution in [-0.4, -0.2) is 68.7 Å². The van der Waals surface area contributed by atoms with Crippen molar-refractivity contribution in [2.24, 2.45) is 0 Å². The number of anilines is 1. The molecule has 2 N–H and O–H groups in total. The van der Waals surface area contributed by atoms with Crippen molar-refractivity contribution in [3.05, 3.63) is 147 Å². The summed E-state index contributed by atoms with van der Waals surface area (Å²) in [6, 6.07) is 27.1. The first-order chi connectivity index (χ1) is 28.4. The predicted molar refractivity (Wildman–Crippen MR) is 237 cm³/mol. The van der Waals surface area contributed by atoms with E-state index in [1.807, 2.05) is 43.3 Å². The van der Waals surface area contributed by atoms with Gasteiger partial charge in [0.2, 0.25) is 11.8 Å². The van der Waals surface area contributed by atoms with Crippen LogP contribution in [-0.2, 0) is 24.2 Å². The Bertz CT molecular complexity index is 2630. The van der Waals surface area contributed by atoms with E-state index in [-0.39, 0.29) is 12.2 Å². The molecular weight excluding hydrogens is 781 g/mol. The minimum absolute atomic E-state index is 0.125. The Kier molecular flexibility index (Phi) is 13.0. The normalized spacial score (nSPS) is 13.3. The van der Waals surface area contributed by atoms with Crippen LogP contribution in [0.25, 0.3) is 21.8 Å². The second kappa shape index (κ2) is 18.5. The largest absolute Gasteiger partial charge is 0.438 e. The number of carbonyl (C=O) groups is 1. The van der Waals surface area contributed by atoms with Crippen molar-refractivity contribution in [2.75, 3.05) is 39.0 Å². The molecule has 0 radical (unpaired) electrons. The SMILES string of the molecule is Cc1cc2ncnc(Oc3ccc(CC(=O)Cc4ccc(CN5CCN(C)CC5)cc4)c(Cl)c3)c2cc1C.Cc1cc2ncnc(Oc3ccc(N)c(Cl)c3)c2cc1C. The number of Topliss-reactive ketones (excluding diaryl/α,β-unsaturated/α-hetero) is 1. The van der Waals surface area contributed by atoms with Crippen molar-refractivity contribution < 1.29 is 14.3 Å². The van der Waals surface area contributed by atoms with E-state index in [4.69, 9.17) is 38.4 Å². The molecule has 3 heterocycles. The molecule has 0 spiro atoms. The molecule has 0 atom stereocenters. The fraction of sp³-hybridized carbons (Fsp3) is 0.255. The molecular formula is C47H47Cl2N7O3. The summed E-state index contributed by atoms with van der Waals surface area (Å²) in [5, 5.41) is 2.68. The fourth-order valence-electron chi connectivity index (χ4n) is 6.81. The van der Waals surface area contributed by atoms with E-state index >= 15 is 0 Å². The Balaban J connectivity index is 0.000000212. The van der Waals surface area contributed by atoms with Crippen molar-refractivity contribution in [1.29, 1.82) is 0 Å². The summed E-state index contributed by atoms with van der Waals surface area (Å²) in [5.41, 5.74) is 15.7. The van der Waals surface area contributed by atoms with E-state index in [0.29, 0.717) is 45.4 Å². The van der Waals surface area contributed by atoms with Crippen LogP contribution < -0.4 is 15.2 Å². The molecule has 5 aromatic carbocycles. The Morgan fingerprint density at radius 2 is 1.14 bits per heavy atom. The Hall–Kier alpha value is -5.65. The lowest BCUT2D eigenvalue weighted by atomic mass is 10.0. The first-order valence-electron chi connectivity index (χ1n) is 19.5. The van der Waals surface area contributed by atoms with Crippen LogP contribution >= 0.6 is 23.2 Å². The first kappa shape index (κ1) is 41.5. The molecule has 1 aliphatic heterocycles.